The summed E-state index contributed by atoms with van der Waals surface area (Å²) >= 11 is 0. The molecule has 0 spiro atoms. The fourth-order valence-corrected chi connectivity index (χ4v) is 4.04. The van der Waals surface area contributed by atoms with Gasteiger partial charge in [-0.3, -0.25) is 14.4 Å². The third-order valence-corrected chi connectivity index (χ3v) is 5.76. The standard InChI is InChI=1S/C22H25N3O4/c26-20(17-5-2-1-3-6-17)24-12-14-25(15-13-24)21(27)18-8-10-23(11-9-18)22(28)19-7-4-16-29-19/h1-7,16,18H,8-15H2. The number of amides is 3. The van der Waals surface area contributed by atoms with Gasteiger partial charge in [0, 0.05) is 50.7 Å². The van der Waals surface area contributed by atoms with Crippen LogP contribution in [0.3, 0.4) is 0 Å². The third kappa shape index (κ3) is 4.18. The van der Waals surface area contributed by atoms with E-state index in [0.29, 0.717) is 63.4 Å². The number of likely N-dealkylation sites (tertiary alicyclic amines) is 1. The zero-order chi connectivity index (χ0) is 20.2. The highest BCUT2D eigenvalue weighted by Gasteiger charge is 2.33. The number of hydrogen-bond donors (Lipinski definition) is 0. The second kappa shape index (κ2) is 8.51. The van der Waals surface area contributed by atoms with Crippen molar-refractivity contribution in [1.29, 1.82) is 0 Å². The summed E-state index contributed by atoms with van der Waals surface area (Å²) < 4.78 is 5.18. The Balaban J connectivity index is 1.26. The predicted molar refractivity (Wildman–Crippen MR) is 106 cm³/mol. The summed E-state index contributed by atoms with van der Waals surface area (Å²) in [5, 5.41) is 0. The number of piperazine rings is 1. The molecule has 3 amide bonds. The smallest absolute Gasteiger partial charge is 0.289 e. The van der Waals surface area contributed by atoms with E-state index in [4.69, 9.17) is 4.42 Å². The van der Waals surface area contributed by atoms with E-state index in [1.165, 1.54) is 6.26 Å². The SMILES string of the molecule is O=C(c1ccccc1)N1CCN(C(=O)C2CCN(C(=O)c3ccco3)CC2)CC1. The molecule has 29 heavy (non-hydrogen) atoms. The second-order valence-electron chi connectivity index (χ2n) is 7.53. The van der Waals surface area contributed by atoms with E-state index < -0.39 is 0 Å². The molecule has 0 saturated carbocycles. The van der Waals surface area contributed by atoms with E-state index in [2.05, 4.69) is 0 Å². The lowest BCUT2D eigenvalue weighted by Crippen LogP contribution is -2.53. The van der Waals surface area contributed by atoms with Gasteiger partial charge >= 0.3 is 0 Å². The highest BCUT2D eigenvalue weighted by Crippen LogP contribution is 2.22. The molecule has 0 unspecified atom stereocenters. The number of carbonyl (C=O) groups excluding carboxylic acids is 3. The van der Waals surface area contributed by atoms with E-state index in [9.17, 15) is 14.4 Å². The van der Waals surface area contributed by atoms with Crippen molar-refractivity contribution in [2.24, 2.45) is 5.92 Å². The Kier molecular flexibility index (Phi) is 5.64. The van der Waals surface area contributed by atoms with Crippen LogP contribution in [-0.2, 0) is 4.79 Å². The molecule has 2 aromatic rings. The first-order valence-corrected chi connectivity index (χ1v) is 10.1. The summed E-state index contributed by atoms with van der Waals surface area (Å²) in [5.74, 6) is 0.319. The van der Waals surface area contributed by atoms with Crippen LogP contribution in [0.5, 0.6) is 0 Å². The van der Waals surface area contributed by atoms with E-state index in [-0.39, 0.29) is 23.6 Å². The molecular formula is C22H25N3O4. The van der Waals surface area contributed by atoms with E-state index in [1.54, 1.807) is 17.0 Å². The molecular weight excluding hydrogens is 370 g/mol. The van der Waals surface area contributed by atoms with E-state index >= 15 is 0 Å². The molecule has 2 fully saturated rings. The minimum Gasteiger partial charge on any atom is -0.459 e. The highest BCUT2D eigenvalue weighted by molar-refractivity contribution is 5.94. The third-order valence-electron chi connectivity index (χ3n) is 5.76. The minimum atomic E-state index is -0.117. The average molecular weight is 395 g/mol. The lowest BCUT2D eigenvalue weighted by Gasteiger charge is -2.38. The van der Waals surface area contributed by atoms with Crippen molar-refractivity contribution in [3.05, 3.63) is 60.1 Å². The normalized spacial score (nSPS) is 18.0. The molecule has 1 aromatic heterocycles. The topological polar surface area (TPSA) is 74.1 Å². The molecule has 0 aliphatic carbocycles. The lowest BCUT2D eigenvalue weighted by atomic mass is 9.94. The van der Waals surface area contributed by atoms with Gasteiger partial charge in [0.1, 0.15) is 0 Å². The summed E-state index contributed by atoms with van der Waals surface area (Å²) in [4.78, 5) is 43.2. The van der Waals surface area contributed by atoms with Gasteiger partial charge in [-0.25, -0.2) is 0 Å². The van der Waals surface area contributed by atoms with Crippen molar-refractivity contribution in [3.63, 3.8) is 0 Å². The number of carbonyl (C=O) groups is 3. The van der Waals surface area contributed by atoms with Crippen molar-refractivity contribution >= 4 is 17.7 Å². The molecule has 0 atom stereocenters. The summed E-state index contributed by atoms with van der Waals surface area (Å²) in [5.41, 5.74) is 0.681. The average Bonchev–Trinajstić information content (AvgIpc) is 3.33. The summed E-state index contributed by atoms with van der Waals surface area (Å²) in [7, 11) is 0. The van der Waals surface area contributed by atoms with Gasteiger partial charge in [0.15, 0.2) is 5.76 Å². The summed E-state index contributed by atoms with van der Waals surface area (Å²) in [6.07, 6.45) is 2.81. The molecule has 1 aromatic carbocycles. The Morgan fingerprint density at radius 3 is 1.97 bits per heavy atom. The fraction of sp³-hybridized carbons (Fsp3) is 0.409. The molecule has 0 radical (unpaired) electrons. The molecule has 3 heterocycles. The van der Waals surface area contributed by atoms with Crippen molar-refractivity contribution in [1.82, 2.24) is 14.7 Å². The maximum Gasteiger partial charge on any atom is 0.289 e. The van der Waals surface area contributed by atoms with Crippen LogP contribution in [0.25, 0.3) is 0 Å². The monoisotopic (exact) mass is 395 g/mol. The molecule has 7 heteroatoms. The van der Waals surface area contributed by atoms with Gasteiger partial charge in [-0.2, -0.15) is 0 Å². The van der Waals surface area contributed by atoms with E-state index in [1.807, 2.05) is 40.1 Å². The van der Waals surface area contributed by atoms with Crippen LogP contribution in [0.1, 0.15) is 33.8 Å². The molecule has 4 rings (SSSR count). The number of furan rings is 1. The van der Waals surface area contributed by atoms with Gasteiger partial charge in [0.2, 0.25) is 5.91 Å². The molecule has 2 aliphatic rings. The molecule has 152 valence electrons. The number of piperidine rings is 1. The first kappa shape index (κ1) is 19.2. The number of nitrogens with zero attached hydrogens (tertiary/aromatic N) is 3. The number of hydrogen-bond acceptors (Lipinski definition) is 4. The van der Waals surface area contributed by atoms with Crippen molar-refractivity contribution < 1.29 is 18.8 Å². The van der Waals surface area contributed by atoms with Crippen LogP contribution in [0.15, 0.2) is 53.1 Å². The molecule has 0 N–H and O–H groups in total. The zero-order valence-electron chi connectivity index (χ0n) is 16.3. The summed E-state index contributed by atoms with van der Waals surface area (Å²) in [6.45, 7) is 3.33. The Morgan fingerprint density at radius 1 is 0.724 bits per heavy atom. The molecule has 2 aliphatic heterocycles. The van der Waals surface area contributed by atoms with Gasteiger partial charge in [-0.1, -0.05) is 18.2 Å². The van der Waals surface area contributed by atoms with Crippen LogP contribution in [0.2, 0.25) is 0 Å². The molecule has 2 saturated heterocycles. The van der Waals surface area contributed by atoms with Crippen LogP contribution >= 0.6 is 0 Å². The zero-order valence-corrected chi connectivity index (χ0v) is 16.3. The van der Waals surface area contributed by atoms with Crippen molar-refractivity contribution in [3.8, 4) is 0 Å². The Bertz CT molecular complexity index is 849. The number of benzene rings is 1. The van der Waals surface area contributed by atoms with Crippen LogP contribution < -0.4 is 0 Å². The van der Waals surface area contributed by atoms with Crippen LogP contribution in [-0.4, -0.2) is 71.7 Å². The van der Waals surface area contributed by atoms with Crippen LogP contribution in [0.4, 0.5) is 0 Å². The van der Waals surface area contributed by atoms with Gasteiger partial charge in [0.25, 0.3) is 11.8 Å². The Labute approximate surface area is 169 Å². The summed E-state index contributed by atoms with van der Waals surface area (Å²) in [6, 6.07) is 12.6. The predicted octanol–water partition coefficient (Wildman–Crippen LogP) is 2.12. The second-order valence-corrected chi connectivity index (χ2v) is 7.53. The van der Waals surface area contributed by atoms with Crippen molar-refractivity contribution in [2.75, 3.05) is 39.3 Å². The van der Waals surface area contributed by atoms with Crippen molar-refractivity contribution in [2.45, 2.75) is 12.8 Å². The van der Waals surface area contributed by atoms with Gasteiger partial charge in [-0.15, -0.1) is 0 Å². The van der Waals surface area contributed by atoms with Gasteiger partial charge in [-0.05, 0) is 37.1 Å². The molecule has 7 nitrogen and oxygen atoms in total. The Hall–Kier alpha value is -3.09. The largest absolute Gasteiger partial charge is 0.459 e. The van der Waals surface area contributed by atoms with E-state index in [0.717, 1.165) is 0 Å². The van der Waals surface area contributed by atoms with Gasteiger partial charge < -0.3 is 19.1 Å². The highest BCUT2D eigenvalue weighted by atomic mass is 16.3. The number of rotatable bonds is 3. The van der Waals surface area contributed by atoms with Crippen LogP contribution in [0, 0.1) is 5.92 Å². The Morgan fingerprint density at radius 2 is 1.34 bits per heavy atom. The first-order valence-electron chi connectivity index (χ1n) is 10.1. The van der Waals surface area contributed by atoms with Gasteiger partial charge in [0.05, 0.1) is 6.26 Å². The maximum atomic E-state index is 12.9. The lowest BCUT2D eigenvalue weighted by molar-refractivity contribution is -0.138. The fourth-order valence-electron chi connectivity index (χ4n) is 4.04. The maximum absolute atomic E-state index is 12.9. The minimum absolute atomic E-state index is 0.0162. The molecule has 0 bridgehead atoms. The first-order chi connectivity index (χ1) is 14.1. The quantitative estimate of drug-likeness (QED) is 0.798.